The number of ether oxygens (including phenoxy) is 1. The van der Waals surface area contributed by atoms with E-state index in [-0.39, 0.29) is 30.1 Å². The molecular weight excluding hydrogens is 459 g/mol. The minimum Gasteiger partial charge on any atom is -0.494 e. The fourth-order valence-electron chi connectivity index (χ4n) is 4.89. The number of hydrogen-bond acceptors (Lipinski definition) is 6. The zero-order chi connectivity index (χ0) is 25.8. The van der Waals surface area contributed by atoms with Crippen LogP contribution in [0.15, 0.2) is 24.4 Å². The molecule has 1 aromatic heterocycles. The molecule has 2 heterocycles. The van der Waals surface area contributed by atoms with E-state index < -0.39 is 5.82 Å². The van der Waals surface area contributed by atoms with Gasteiger partial charge in [-0.25, -0.2) is 14.2 Å². The van der Waals surface area contributed by atoms with E-state index in [9.17, 15) is 9.18 Å². The number of methoxy groups -OCH3 is 1. The Labute approximate surface area is 213 Å². The molecule has 1 fully saturated rings. The predicted molar refractivity (Wildman–Crippen MR) is 141 cm³/mol. The van der Waals surface area contributed by atoms with Crippen LogP contribution in [0.2, 0.25) is 0 Å². The fraction of sp³-hybridized carbons (Fsp3) is 0.593. The topological polar surface area (TPSA) is 73.8 Å². The number of anilines is 3. The Balaban J connectivity index is 1.40. The molecule has 0 spiro atoms. The number of carbonyl (C=O) groups is 1. The largest absolute Gasteiger partial charge is 0.494 e. The number of aromatic nitrogens is 2. The first kappa shape index (κ1) is 26.1. The van der Waals surface area contributed by atoms with Gasteiger partial charge < -0.3 is 10.1 Å². The molecule has 0 unspecified atom stereocenters. The van der Waals surface area contributed by atoms with Gasteiger partial charge in [0.1, 0.15) is 5.82 Å². The monoisotopic (exact) mass is 498 g/mol. The highest BCUT2D eigenvalue weighted by Crippen LogP contribution is 2.40. The average Bonchev–Trinajstić information content (AvgIpc) is 3.68. The van der Waals surface area contributed by atoms with Gasteiger partial charge in [-0.2, -0.15) is 4.98 Å². The van der Waals surface area contributed by atoms with Gasteiger partial charge in [0.15, 0.2) is 11.6 Å². The Kier molecular flexibility index (Phi) is 8.28. The molecule has 1 N–H and O–H groups in total. The van der Waals surface area contributed by atoms with Gasteiger partial charge >= 0.3 is 6.03 Å². The maximum Gasteiger partial charge on any atom is 0.330 e. The second-order valence-corrected chi connectivity index (χ2v) is 10.2. The number of unbranched alkanes of at least 4 members (excludes halogenated alkanes) is 2. The maximum absolute atomic E-state index is 15.0. The van der Waals surface area contributed by atoms with E-state index in [0.29, 0.717) is 23.8 Å². The summed E-state index contributed by atoms with van der Waals surface area (Å²) in [6.07, 6.45) is 6.89. The third-order valence-corrected chi connectivity index (χ3v) is 6.90. The van der Waals surface area contributed by atoms with Crippen molar-refractivity contribution in [3.8, 4) is 5.75 Å². The van der Waals surface area contributed by atoms with Crippen molar-refractivity contribution in [3.63, 3.8) is 0 Å². The zero-order valence-electron chi connectivity index (χ0n) is 22.1. The minimum absolute atomic E-state index is 0.0836. The fourth-order valence-corrected chi connectivity index (χ4v) is 4.89. The summed E-state index contributed by atoms with van der Waals surface area (Å²) in [7, 11) is 1.42. The molecule has 0 bridgehead atoms. The highest BCUT2D eigenvalue weighted by atomic mass is 19.1. The van der Waals surface area contributed by atoms with Crippen LogP contribution in [0, 0.1) is 5.82 Å². The van der Waals surface area contributed by atoms with Crippen molar-refractivity contribution in [3.05, 3.63) is 35.8 Å². The van der Waals surface area contributed by atoms with E-state index in [2.05, 4.69) is 42.9 Å². The van der Waals surface area contributed by atoms with Gasteiger partial charge in [0.2, 0.25) is 5.95 Å². The summed E-state index contributed by atoms with van der Waals surface area (Å²) in [6.45, 7) is 11.1. The van der Waals surface area contributed by atoms with E-state index in [1.165, 1.54) is 12.0 Å². The predicted octanol–water partition coefficient (Wildman–Crippen LogP) is 5.43. The molecule has 2 aliphatic rings. The lowest BCUT2D eigenvalue weighted by Gasteiger charge is -2.36. The number of rotatable bonds is 12. The third kappa shape index (κ3) is 5.72. The van der Waals surface area contributed by atoms with Crippen LogP contribution in [0.4, 0.5) is 26.6 Å². The summed E-state index contributed by atoms with van der Waals surface area (Å²) in [4.78, 5) is 28.4. The van der Waals surface area contributed by atoms with Crippen molar-refractivity contribution in [1.82, 2.24) is 14.9 Å². The number of halogens is 1. The molecule has 8 nitrogen and oxygen atoms in total. The minimum atomic E-state index is -0.545. The number of nitrogens with one attached hydrogen (secondary N) is 1. The number of urea groups is 1. The molecular formula is C27H39FN6O2. The molecule has 2 amide bonds. The number of nitrogens with zero attached hydrogens (tertiary/aromatic N) is 5. The summed E-state index contributed by atoms with van der Waals surface area (Å²) in [5.74, 6) is 0.723. The van der Waals surface area contributed by atoms with Crippen LogP contribution in [0.3, 0.4) is 0 Å². The van der Waals surface area contributed by atoms with E-state index in [1.807, 2.05) is 0 Å². The molecule has 0 radical (unpaired) electrons. The van der Waals surface area contributed by atoms with Crippen LogP contribution in [-0.2, 0) is 6.54 Å². The SMILES string of the molecule is COc1cccc(N2Cc3cnc(NCCCCCN(C(C)C)C(C)C)nc3N(C3CC3)C2=O)c1F. The van der Waals surface area contributed by atoms with Crippen LogP contribution in [0.1, 0.15) is 65.4 Å². The first-order valence-electron chi connectivity index (χ1n) is 13.1. The van der Waals surface area contributed by atoms with Crippen LogP contribution >= 0.6 is 0 Å². The molecule has 1 saturated carbocycles. The number of hydrogen-bond donors (Lipinski definition) is 1. The average molecular weight is 499 g/mol. The van der Waals surface area contributed by atoms with E-state index in [4.69, 9.17) is 9.72 Å². The molecule has 9 heteroatoms. The molecule has 1 aliphatic carbocycles. The van der Waals surface area contributed by atoms with E-state index in [1.54, 1.807) is 29.3 Å². The van der Waals surface area contributed by atoms with Gasteiger partial charge in [0, 0.05) is 36.4 Å². The quantitative estimate of drug-likeness (QED) is 0.393. The summed E-state index contributed by atoms with van der Waals surface area (Å²) in [5, 5.41) is 3.33. The standard InChI is InChI=1S/C27H39FN6O2/c1-18(2)32(19(3)4)15-8-6-7-14-29-26-30-16-20-17-33(22-10-9-11-23(36-5)24(22)28)27(35)34(21-12-13-21)25(20)31-26/h9-11,16,18-19,21H,6-8,12-15,17H2,1-5H3,(H,29,30,31). The number of carbonyl (C=O) groups excluding carboxylic acids is 1. The Morgan fingerprint density at radius 3 is 2.58 bits per heavy atom. The molecule has 1 aromatic carbocycles. The van der Waals surface area contributed by atoms with Crippen LogP contribution < -0.4 is 19.9 Å². The molecule has 4 rings (SSSR count). The molecule has 36 heavy (non-hydrogen) atoms. The normalized spacial score (nSPS) is 15.8. The maximum atomic E-state index is 15.0. The van der Waals surface area contributed by atoms with Crippen LogP contribution in [0.25, 0.3) is 0 Å². The lowest BCUT2D eigenvalue weighted by molar-refractivity contribution is 0.171. The molecule has 1 aliphatic heterocycles. The smallest absolute Gasteiger partial charge is 0.330 e. The third-order valence-electron chi connectivity index (χ3n) is 6.90. The summed E-state index contributed by atoms with van der Waals surface area (Å²) >= 11 is 0. The van der Waals surface area contributed by atoms with Crippen molar-refractivity contribution >= 4 is 23.5 Å². The first-order chi connectivity index (χ1) is 17.3. The summed E-state index contributed by atoms with van der Waals surface area (Å²) in [5.41, 5.74) is 1.00. The van der Waals surface area contributed by atoms with Crippen LogP contribution in [-0.4, -0.2) is 59.2 Å². The highest BCUT2D eigenvalue weighted by Gasteiger charge is 2.42. The van der Waals surface area contributed by atoms with Crippen molar-refractivity contribution in [2.75, 3.05) is 35.3 Å². The van der Waals surface area contributed by atoms with Crippen molar-refractivity contribution in [2.45, 2.75) is 84.5 Å². The number of benzene rings is 1. The second-order valence-electron chi connectivity index (χ2n) is 10.2. The van der Waals surface area contributed by atoms with Crippen molar-refractivity contribution in [1.29, 1.82) is 0 Å². The molecule has 196 valence electrons. The first-order valence-corrected chi connectivity index (χ1v) is 13.1. The lowest BCUT2D eigenvalue weighted by Crippen LogP contribution is -2.49. The van der Waals surface area contributed by atoms with Crippen molar-refractivity contribution < 1.29 is 13.9 Å². The van der Waals surface area contributed by atoms with E-state index in [0.717, 1.165) is 50.8 Å². The molecule has 2 aromatic rings. The van der Waals surface area contributed by atoms with Gasteiger partial charge in [0.05, 0.1) is 19.3 Å². The zero-order valence-corrected chi connectivity index (χ0v) is 22.1. The van der Waals surface area contributed by atoms with Gasteiger partial charge in [-0.3, -0.25) is 14.7 Å². The van der Waals surface area contributed by atoms with Gasteiger partial charge in [-0.15, -0.1) is 0 Å². The van der Waals surface area contributed by atoms with Gasteiger partial charge in [-0.05, 0) is 72.1 Å². The van der Waals surface area contributed by atoms with Crippen LogP contribution in [0.5, 0.6) is 5.75 Å². The second kappa shape index (κ2) is 11.4. The Morgan fingerprint density at radius 1 is 1.17 bits per heavy atom. The molecule has 0 atom stereocenters. The summed E-state index contributed by atoms with van der Waals surface area (Å²) in [6, 6.07) is 5.77. The van der Waals surface area contributed by atoms with Gasteiger partial charge in [-0.1, -0.05) is 12.5 Å². The van der Waals surface area contributed by atoms with Crippen molar-refractivity contribution in [2.24, 2.45) is 0 Å². The molecule has 0 saturated heterocycles. The Morgan fingerprint density at radius 2 is 1.92 bits per heavy atom. The lowest BCUT2D eigenvalue weighted by atomic mass is 10.1. The highest BCUT2D eigenvalue weighted by molar-refractivity contribution is 6.06. The Bertz CT molecular complexity index is 1050. The Hall–Kier alpha value is -2.94. The number of amides is 2. The summed E-state index contributed by atoms with van der Waals surface area (Å²) < 4.78 is 20.1. The van der Waals surface area contributed by atoms with E-state index >= 15 is 0 Å². The van der Waals surface area contributed by atoms with Gasteiger partial charge in [0.25, 0.3) is 0 Å². The number of fused-ring (bicyclic) bond motifs is 1.